The Balaban J connectivity index is 1.49. The third-order valence-electron chi connectivity index (χ3n) is 4.27. The lowest BCUT2D eigenvalue weighted by Crippen LogP contribution is -2.31. The number of H-pyrrole nitrogens is 1. The minimum Gasteiger partial charge on any atom is -0.493 e. The average molecular weight is 450 g/mol. The Morgan fingerprint density at radius 3 is 2.65 bits per heavy atom. The van der Waals surface area contributed by atoms with Crippen LogP contribution in [0.15, 0.2) is 53.3 Å². The molecule has 0 amide bonds. The van der Waals surface area contributed by atoms with Gasteiger partial charge >= 0.3 is 10.4 Å². The van der Waals surface area contributed by atoms with Crippen LogP contribution in [0.4, 0.5) is 0 Å². The Morgan fingerprint density at radius 1 is 1.10 bits per heavy atom. The van der Waals surface area contributed by atoms with E-state index in [0.717, 1.165) is 10.9 Å². The average Bonchev–Trinajstić information content (AvgIpc) is 2.72. The third kappa shape index (κ3) is 6.69. The van der Waals surface area contributed by atoms with Gasteiger partial charge in [-0.3, -0.25) is 9.35 Å². The molecule has 0 saturated carbocycles. The molecule has 11 heteroatoms. The highest BCUT2D eigenvalue weighted by Gasteiger charge is 2.13. The number of rotatable bonds is 10. The second-order valence-electron chi connectivity index (χ2n) is 6.66. The van der Waals surface area contributed by atoms with E-state index in [0.29, 0.717) is 17.8 Å². The summed E-state index contributed by atoms with van der Waals surface area (Å²) in [5, 5.41) is 14.0. The molecule has 0 aliphatic carbocycles. The van der Waals surface area contributed by atoms with Crippen molar-refractivity contribution in [3.8, 4) is 17.2 Å². The third-order valence-corrected chi connectivity index (χ3v) is 4.66. The Labute approximate surface area is 178 Å². The molecule has 0 fully saturated rings. The van der Waals surface area contributed by atoms with E-state index >= 15 is 0 Å². The Morgan fingerprint density at radius 2 is 1.90 bits per heavy atom. The standard InChI is InChI=1S/C20H22N2O8S/c1-28-19-8-13(2-6-18(19)30-31(25,26)27)10-21-11-15(23)12-29-16-4-5-17-14(9-16)3-7-20(24)22-17/h2-9,15,21,23H,10-12H2,1H3,(H,22,24)(H,25,26,27). The van der Waals surface area contributed by atoms with Crippen molar-refractivity contribution in [2.24, 2.45) is 0 Å². The SMILES string of the molecule is COc1cc(CNCC(O)COc2ccc3[nH]c(=O)ccc3c2)ccc1OS(=O)(=O)O. The Hall–Kier alpha value is -3.12. The summed E-state index contributed by atoms with van der Waals surface area (Å²) >= 11 is 0. The first kappa shape index (κ1) is 22.6. The predicted molar refractivity (Wildman–Crippen MR) is 113 cm³/mol. The van der Waals surface area contributed by atoms with Crippen molar-refractivity contribution in [3.05, 3.63) is 64.4 Å². The maximum Gasteiger partial charge on any atom is 0.446 e. The van der Waals surface area contributed by atoms with Crippen LogP contribution in [0.1, 0.15) is 5.56 Å². The Bertz CT molecular complexity index is 1210. The molecular weight excluding hydrogens is 428 g/mol. The Kier molecular flexibility index (Phi) is 7.13. The molecule has 0 spiro atoms. The summed E-state index contributed by atoms with van der Waals surface area (Å²) < 4.78 is 45.6. The smallest absolute Gasteiger partial charge is 0.446 e. The van der Waals surface area contributed by atoms with Gasteiger partial charge in [0.2, 0.25) is 5.56 Å². The number of aromatic nitrogens is 1. The van der Waals surface area contributed by atoms with Crippen LogP contribution >= 0.6 is 0 Å². The molecule has 1 aromatic heterocycles. The van der Waals surface area contributed by atoms with E-state index in [-0.39, 0.29) is 30.2 Å². The zero-order valence-electron chi connectivity index (χ0n) is 16.6. The van der Waals surface area contributed by atoms with Crippen LogP contribution in [0.2, 0.25) is 0 Å². The van der Waals surface area contributed by atoms with Crippen molar-refractivity contribution in [1.82, 2.24) is 10.3 Å². The van der Waals surface area contributed by atoms with E-state index in [4.69, 9.17) is 14.0 Å². The van der Waals surface area contributed by atoms with Crippen LogP contribution in [0, 0.1) is 0 Å². The number of aromatic amines is 1. The van der Waals surface area contributed by atoms with Crippen molar-refractivity contribution in [3.63, 3.8) is 0 Å². The molecule has 10 nitrogen and oxygen atoms in total. The highest BCUT2D eigenvalue weighted by molar-refractivity contribution is 7.81. The summed E-state index contributed by atoms with van der Waals surface area (Å²) in [7, 11) is -3.31. The van der Waals surface area contributed by atoms with Gasteiger partial charge in [0.15, 0.2) is 11.5 Å². The molecule has 166 valence electrons. The summed E-state index contributed by atoms with van der Waals surface area (Å²) in [4.78, 5) is 14.0. The normalized spacial score (nSPS) is 12.5. The second kappa shape index (κ2) is 9.79. The fourth-order valence-electron chi connectivity index (χ4n) is 2.86. The van der Waals surface area contributed by atoms with E-state index in [9.17, 15) is 18.3 Å². The highest BCUT2D eigenvalue weighted by atomic mass is 32.3. The van der Waals surface area contributed by atoms with Crippen LogP contribution in [-0.2, 0) is 16.9 Å². The summed E-state index contributed by atoms with van der Waals surface area (Å²) in [6.07, 6.45) is -0.782. The van der Waals surface area contributed by atoms with Crippen molar-refractivity contribution < 1.29 is 31.7 Å². The van der Waals surface area contributed by atoms with E-state index < -0.39 is 16.5 Å². The largest absolute Gasteiger partial charge is 0.493 e. The molecule has 0 radical (unpaired) electrons. The lowest BCUT2D eigenvalue weighted by molar-refractivity contribution is 0.106. The number of hydrogen-bond donors (Lipinski definition) is 4. The summed E-state index contributed by atoms with van der Waals surface area (Å²) in [6, 6.07) is 12.8. The van der Waals surface area contributed by atoms with E-state index in [2.05, 4.69) is 14.5 Å². The van der Waals surface area contributed by atoms with Gasteiger partial charge in [0.05, 0.1) is 7.11 Å². The monoisotopic (exact) mass is 450 g/mol. The summed E-state index contributed by atoms with van der Waals surface area (Å²) in [5.74, 6) is 0.567. The molecule has 0 saturated heterocycles. The molecular formula is C20H22N2O8S. The van der Waals surface area contributed by atoms with Crippen LogP contribution in [0.3, 0.4) is 0 Å². The zero-order chi connectivity index (χ0) is 22.4. The molecule has 4 N–H and O–H groups in total. The number of aliphatic hydroxyl groups is 1. The second-order valence-corrected chi connectivity index (χ2v) is 7.69. The zero-order valence-corrected chi connectivity index (χ0v) is 17.4. The maximum absolute atomic E-state index is 11.3. The van der Waals surface area contributed by atoms with Crippen molar-refractivity contribution in [2.75, 3.05) is 20.3 Å². The van der Waals surface area contributed by atoms with Gasteiger partial charge in [-0.2, -0.15) is 8.42 Å². The lowest BCUT2D eigenvalue weighted by atomic mass is 10.2. The maximum atomic E-state index is 11.3. The van der Waals surface area contributed by atoms with Gasteiger partial charge < -0.3 is 29.1 Å². The first-order valence-electron chi connectivity index (χ1n) is 9.22. The first-order chi connectivity index (χ1) is 14.7. The van der Waals surface area contributed by atoms with Crippen LogP contribution in [-0.4, -0.2) is 49.4 Å². The quantitative estimate of drug-likeness (QED) is 0.335. The number of benzene rings is 2. The molecule has 0 bridgehead atoms. The van der Waals surface area contributed by atoms with Crippen molar-refractivity contribution >= 4 is 21.3 Å². The molecule has 1 atom stereocenters. The van der Waals surface area contributed by atoms with Crippen molar-refractivity contribution in [1.29, 1.82) is 0 Å². The van der Waals surface area contributed by atoms with E-state index in [1.807, 2.05) is 0 Å². The summed E-state index contributed by atoms with van der Waals surface area (Å²) in [6.45, 7) is 0.668. The fraction of sp³-hybridized carbons (Fsp3) is 0.250. The lowest BCUT2D eigenvalue weighted by Gasteiger charge is -2.14. The van der Waals surface area contributed by atoms with Crippen molar-refractivity contribution in [2.45, 2.75) is 12.6 Å². The topological polar surface area (TPSA) is 147 Å². The van der Waals surface area contributed by atoms with Crippen LogP contribution in [0.25, 0.3) is 10.9 Å². The van der Waals surface area contributed by atoms with Gasteiger partial charge in [-0.05, 0) is 42.0 Å². The van der Waals surface area contributed by atoms with Gasteiger partial charge in [-0.15, -0.1) is 0 Å². The number of pyridine rings is 1. The predicted octanol–water partition coefficient (Wildman–Crippen LogP) is 1.25. The number of methoxy groups -OCH3 is 1. The molecule has 0 aliphatic rings. The van der Waals surface area contributed by atoms with Gasteiger partial charge in [-0.1, -0.05) is 6.07 Å². The van der Waals surface area contributed by atoms with Gasteiger partial charge in [0, 0.05) is 30.1 Å². The molecule has 31 heavy (non-hydrogen) atoms. The number of ether oxygens (including phenoxy) is 2. The fourth-order valence-corrected chi connectivity index (χ4v) is 3.23. The van der Waals surface area contributed by atoms with Gasteiger partial charge in [-0.25, -0.2) is 0 Å². The van der Waals surface area contributed by atoms with Gasteiger partial charge in [0.25, 0.3) is 0 Å². The van der Waals surface area contributed by atoms with Crippen LogP contribution in [0.5, 0.6) is 17.2 Å². The molecule has 3 rings (SSSR count). The molecule has 1 heterocycles. The van der Waals surface area contributed by atoms with Gasteiger partial charge in [0.1, 0.15) is 18.5 Å². The highest BCUT2D eigenvalue weighted by Crippen LogP contribution is 2.29. The first-order valence-corrected chi connectivity index (χ1v) is 10.6. The molecule has 2 aromatic carbocycles. The molecule has 0 aliphatic heterocycles. The van der Waals surface area contributed by atoms with Crippen LogP contribution < -0.4 is 24.5 Å². The van der Waals surface area contributed by atoms with E-state index in [1.54, 1.807) is 36.4 Å². The minimum atomic E-state index is -4.65. The number of nitrogens with one attached hydrogen (secondary N) is 2. The summed E-state index contributed by atoms with van der Waals surface area (Å²) in [5.41, 5.74) is 1.27. The van der Waals surface area contributed by atoms with E-state index in [1.165, 1.54) is 19.2 Å². The number of fused-ring (bicyclic) bond motifs is 1. The molecule has 1 unspecified atom stereocenters. The number of hydrogen-bond acceptors (Lipinski definition) is 8. The minimum absolute atomic E-state index is 0.0618. The number of aliphatic hydroxyl groups excluding tert-OH is 1. The molecule has 3 aromatic rings.